The Balaban J connectivity index is 1.52. The fraction of sp³-hybridized carbons (Fsp3) is 0.696. The van der Waals surface area contributed by atoms with Crippen LogP contribution in [0.15, 0.2) is 29.3 Å². The third-order valence-electron chi connectivity index (χ3n) is 6.05. The van der Waals surface area contributed by atoms with Gasteiger partial charge < -0.3 is 20.1 Å². The Morgan fingerprint density at radius 1 is 0.967 bits per heavy atom. The molecule has 3 rings (SSSR count). The number of nitrogens with one attached hydrogen (secondary N) is 2. The van der Waals surface area contributed by atoms with Gasteiger partial charge in [0.25, 0.3) is 0 Å². The fourth-order valence-electron chi connectivity index (χ4n) is 4.18. The lowest BCUT2D eigenvalue weighted by molar-refractivity contribution is 0.00752. The zero-order chi connectivity index (χ0) is 21.2. The summed E-state index contributed by atoms with van der Waals surface area (Å²) in [5, 5.41) is 7.06. The molecule has 1 unspecified atom stereocenters. The third-order valence-corrected chi connectivity index (χ3v) is 6.05. The molecule has 0 bridgehead atoms. The lowest BCUT2D eigenvalue weighted by Gasteiger charge is -2.37. The minimum atomic E-state index is 0.473. The van der Waals surface area contributed by atoms with E-state index >= 15 is 0 Å². The first-order chi connectivity index (χ1) is 14.7. The van der Waals surface area contributed by atoms with Crippen LogP contribution in [0.4, 0.5) is 0 Å². The molecule has 1 aromatic rings. The third kappa shape index (κ3) is 6.94. The van der Waals surface area contributed by atoms with E-state index < -0.39 is 0 Å². The van der Waals surface area contributed by atoms with Crippen molar-refractivity contribution >= 4 is 5.96 Å². The molecule has 0 amide bonds. The number of aliphatic imine (C=N–C) groups is 1. The maximum absolute atomic E-state index is 5.52. The van der Waals surface area contributed by atoms with Gasteiger partial charge in [-0.2, -0.15) is 0 Å². The quantitative estimate of drug-likeness (QED) is 0.494. The van der Waals surface area contributed by atoms with Crippen LogP contribution < -0.4 is 10.6 Å². The normalized spacial score (nSPS) is 20.3. The first-order valence-corrected chi connectivity index (χ1v) is 11.3. The summed E-state index contributed by atoms with van der Waals surface area (Å²) in [6.07, 6.45) is 0. The molecular weight excluding hydrogens is 378 g/mol. The highest BCUT2D eigenvalue weighted by atomic mass is 16.5. The second-order valence-corrected chi connectivity index (χ2v) is 8.42. The maximum atomic E-state index is 5.52. The fourth-order valence-corrected chi connectivity index (χ4v) is 4.18. The maximum Gasteiger partial charge on any atom is 0.191 e. The summed E-state index contributed by atoms with van der Waals surface area (Å²) in [5.74, 6) is 1.43. The average Bonchev–Trinajstić information content (AvgIpc) is 2.78. The van der Waals surface area contributed by atoms with Crippen molar-refractivity contribution in [2.24, 2.45) is 10.9 Å². The smallest absolute Gasteiger partial charge is 0.191 e. The van der Waals surface area contributed by atoms with Gasteiger partial charge in [0.05, 0.1) is 26.4 Å². The van der Waals surface area contributed by atoms with Crippen LogP contribution >= 0.6 is 0 Å². The Morgan fingerprint density at radius 2 is 1.60 bits per heavy atom. The van der Waals surface area contributed by atoms with Crippen molar-refractivity contribution in [3.8, 4) is 0 Å². The van der Waals surface area contributed by atoms with Gasteiger partial charge in [0.2, 0.25) is 0 Å². The molecule has 1 atom stereocenters. The van der Waals surface area contributed by atoms with E-state index in [2.05, 4.69) is 63.5 Å². The van der Waals surface area contributed by atoms with Crippen LogP contribution in [-0.4, -0.2) is 88.0 Å². The highest BCUT2D eigenvalue weighted by Crippen LogP contribution is 2.14. The number of hydrogen-bond acceptors (Lipinski definition) is 5. The van der Waals surface area contributed by atoms with Gasteiger partial charge in [-0.15, -0.1) is 0 Å². The molecule has 1 aromatic carbocycles. The Labute approximate surface area is 181 Å². The lowest BCUT2D eigenvalue weighted by Crippen LogP contribution is -2.52. The van der Waals surface area contributed by atoms with E-state index in [1.807, 2.05) is 7.05 Å². The zero-order valence-corrected chi connectivity index (χ0v) is 18.9. The molecule has 2 saturated heterocycles. The Bertz CT molecular complexity index is 655. The first kappa shape index (κ1) is 23.0. The summed E-state index contributed by atoms with van der Waals surface area (Å²) in [5.41, 5.74) is 2.69. The number of ether oxygens (including phenoxy) is 2. The van der Waals surface area contributed by atoms with Crippen LogP contribution in [0.1, 0.15) is 25.0 Å². The Hall–Kier alpha value is -1.67. The number of morpholine rings is 2. The van der Waals surface area contributed by atoms with Crippen LogP contribution in [0.2, 0.25) is 0 Å². The number of guanidine groups is 1. The van der Waals surface area contributed by atoms with Crippen molar-refractivity contribution in [1.29, 1.82) is 0 Å². The van der Waals surface area contributed by atoms with E-state index in [0.717, 1.165) is 78.2 Å². The summed E-state index contributed by atoms with van der Waals surface area (Å²) < 4.78 is 11.0. The van der Waals surface area contributed by atoms with Crippen molar-refractivity contribution in [2.75, 3.05) is 66.2 Å². The molecule has 0 radical (unpaired) electrons. The number of benzene rings is 1. The topological polar surface area (TPSA) is 61.4 Å². The SMILES string of the molecule is CN=C(NCc1ccccc1CN1CCOCC1)NCC(C(C)C)N1CCOCC1. The van der Waals surface area contributed by atoms with Gasteiger partial charge in [0.15, 0.2) is 5.96 Å². The van der Waals surface area contributed by atoms with Gasteiger partial charge in [0, 0.05) is 58.9 Å². The Kier molecular flexibility index (Phi) is 9.39. The molecule has 7 heteroatoms. The van der Waals surface area contributed by atoms with Crippen LogP contribution in [0, 0.1) is 5.92 Å². The second-order valence-electron chi connectivity index (χ2n) is 8.42. The first-order valence-electron chi connectivity index (χ1n) is 11.3. The van der Waals surface area contributed by atoms with Crippen molar-refractivity contribution in [2.45, 2.75) is 33.0 Å². The van der Waals surface area contributed by atoms with Gasteiger partial charge in [0.1, 0.15) is 0 Å². The molecule has 168 valence electrons. The molecule has 30 heavy (non-hydrogen) atoms. The Morgan fingerprint density at radius 3 is 2.23 bits per heavy atom. The molecule has 2 aliphatic heterocycles. The molecular formula is C23H39N5O2. The summed E-state index contributed by atoms with van der Waals surface area (Å²) in [6.45, 7) is 14.5. The van der Waals surface area contributed by atoms with Gasteiger partial charge in [-0.25, -0.2) is 0 Å². The number of hydrogen-bond donors (Lipinski definition) is 2. The van der Waals surface area contributed by atoms with E-state index in [-0.39, 0.29) is 0 Å². The van der Waals surface area contributed by atoms with Gasteiger partial charge in [-0.1, -0.05) is 38.1 Å². The summed E-state index contributed by atoms with van der Waals surface area (Å²) in [7, 11) is 1.84. The molecule has 2 fully saturated rings. The van der Waals surface area contributed by atoms with E-state index in [4.69, 9.17) is 9.47 Å². The van der Waals surface area contributed by atoms with Crippen LogP contribution in [-0.2, 0) is 22.6 Å². The predicted molar refractivity (Wildman–Crippen MR) is 122 cm³/mol. The highest BCUT2D eigenvalue weighted by Gasteiger charge is 2.24. The van der Waals surface area contributed by atoms with E-state index in [1.54, 1.807) is 0 Å². The molecule has 7 nitrogen and oxygen atoms in total. The number of rotatable bonds is 8. The van der Waals surface area contributed by atoms with Crippen molar-refractivity contribution in [1.82, 2.24) is 20.4 Å². The molecule has 0 saturated carbocycles. The van der Waals surface area contributed by atoms with Crippen molar-refractivity contribution in [3.05, 3.63) is 35.4 Å². The van der Waals surface area contributed by atoms with Crippen LogP contribution in [0.5, 0.6) is 0 Å². The summed E-state index contributed by atoms with van der Waals surface area (Å²) in [6, 6.07) is 9.16. The molecule has 0 aromatic heterocycles. The van der Waals surface area contributed by atoms with Gasteiger partial charge in [-0.3, -0.25) is 14.8 Å². The van der Waals surface area contributed by atoms with Crippen molar-refractivity contribution in [3.63, 3.8) is 0 Å². The minimum Gasteiger partial charge on any atom is -0.379 e. The summed E-state index contributed by atoms with van der Waals surface area (Å²) in [4.78, 5) is 9.45. The lowest BCUT2D eigenvalue weighted by atomic mass is 10.0. The summed E-state index contributed by atoms with van der Waals surface area (Å²) >= 11 is 0. The molecule has 0 aliphatic carbocycles. The monoisotopic (exact) mass is 417 g/mol. The minimum absolute atomic E-state index is 0.473. The van der Waals surface area contributed by atoms with Gasteiger partial charge in [-0.05, 0) is 17.0 Å². The van der Waals surface area contributed by atoms with Gasteiger partial charge >= 0.3 is 0 Å². The second kappa shape index (κ2) is 12.2. The van der Waals surface area contributed by atoms with E-state index in [1.165, 1.54) is 11.1 Å². The van der Waals surface area contributed by atoms with E-state index in [0.29, 0.717) is 12.0 Å². The van der Waals surface area contributed by atoms with Crippen LogP contribution in [0.25, 0.3) is 0 Å². The predicted octanol–water partition coefficient (Wildman–Crippen LogP) is 1.54. The van der Waals surface area contributed by atoms with Crippen LogP contribution in [0.3, 0.4) is 0 Å². The number of nitrogens with zero attached hydrogens (tertiary/aromatic N) is 3. The highest BCUT2D eigenvalue weighted by molar-refractivity contribution is 5.79. The average molecular weight is 418 g/mol. The molecule has 0 spiro atoms. The standard InChI is InChI=1S/C23H39N5O2/c1-19(2)22(28-10-14-30-15-11-28)17-26-23(24-3)25-16-20-6-4-5-7-21(20)18-27-8-12-29-13-9-27/h4-7,19,22H,8-18H2,1-3H3,(H2,24,25,26). The largest absolute Gasteiger partial charge is 0.379 e. The molecule has 2 N–H and O–H groups in total. The van der Waals surface area contributed by atoms with Crippen molar-refractivity contribution < 1.29 is 9.47 Å². The molecule has 2 aliphatic rings. The zero-order valence-electron chi connectivity index (χ0n) is 18.9. The van der Waals surface area contributed by atoms with E-state index in [9.17, 15) is 0 Å². The molecule has 2 heterocycles.